The molecule has 5 nitrogen and oxygen atoms in total. The summed E-state index contributed by atoms with van der Waals surface area (Å²) in [4.78, 5) is 11.1. The number of allylic oxidation sites excluding steroid dienone is 1. The number of unbranched alkanes of at least 4 members (excludes halogenated alkanes) is 3. The van der Waals surface area contributed by atoms with E-state index in [0.717, 1.165) is 51.5 Å². The first kappa shape index (κ1) is 20.2. The molecule has 2 aliphatic rings. The molecule has 2 aliphatic carbocycles. The Morgan fingerprint density at radius 1 is 1.30 bits per heavy atom. The normalized spacial score (nSPS) is 23.0. The van der Waals surface area contributed by atoms with E-state index >= 15 is 0 Å². The average Bonchev–Trinajstić information content (AvgIpc) is 2.91. The van der Waals surface area contributed by atoms with E-state index in [-0.39, 0.29) is 17.4 Å². The molecule has 3 rings (SSSR count). The van der Waals surface area contributed by atoms with Gasteiger partial charge >= 0.3 is 0 Å². The molecule has 5 heteroatoms. The van der Waals surface area contributed by atoms with Gasteiger partial charge in [-0.3, -0.25) is 10.0 Å². The molecule has 2 unspecified atom stereocenters. The summed E-state index contributed by atoms with van der Waals surface area (Å²) in [6, 6.07) is 0. The van der Waals surface area contributed by atoms with Gasteiger partial charge in [0.25, 0.3) is 0 Å². The fourth-order valence-electron chi connectivity index (χ4n) is 4.87. The van der Waals surface area contributed by atoms with Crippen LogP contribution in [0.5, 0.6) is 0 Å². The molecule has 1 heterocycles. The lowest BCUT2D eigenvalue weighted by molar-refractivity contribution is -0.129. The Labute approximate surface area is 162 Å². The number of aliphatic hydroxyl groups excluding tert-OH is 1. The maximum absolute atomic E-state index is 11.1. The van der Waals surface area contributed by atoms with Gasteiger partial charge in [0.2, 0.25) is 5.91 Å². The third kappa shape index (κ3) is 4.30. The van der Waals surface area contributed by atoms with E-state index in [1.165, 1.54) is 22.5 Å². The van der Waals surface area contributed by atoms with Crippen molar-refractivity contribution in [3.63, 3.8) is 0 Å². The molecule has 0 radical (unpaired) electrons. The summed E-state index contributed by atoms with van der Waals surface area (Å²) in [5.74, 6) is 0.180. The maximum atomic E-state index is 11.1. The van der Waals surface area contributed by atoms with E-state index in [9.17, 15) is 9.90 Å². The highest BCUT2D eigenvalue weighted by molar-refractivity contribution is 5.74. The zero-order valence-electron chi connectivity index (χ0n) is 16.9. The van der Waals surface area contributed by atoms with Crippen molar-refractivity contribution in [2.75, 3.05) is 0 Å². The van der Waals surface area contributed by atoms with Gasteiger partial charge in [-0.15, -0.1) is 0 Å². The van der Waals surface area contributed by atoms with Gasteiger partial charge in [-0.1, -0.05) is 45.8 Å². The largest absolute Gasteiger partial charge is 0.388 e. The molecule has 0 saturated heterocycles. The van der Waals surface area contributed by atoms with E-state index in [4.69, 9.17) is 5.21 Å². The predicted octanol–water partition coefficient (Wildman–Crippen LogP) is 4.47. The maximum Gasteiger partial charge on any atom is 0.243 e. The number of hydrogen-bond donors (Lipinski definition) is 3. The first-order valence-corrected chi connectivity index (χ1v) is 10.4. The standard InChI is InChI=1S/C22H34N2O3/c1-15-9-8-10-16-20-17(13-22(2,3)14-18(20)25)24(21(15)16)12-7-5-4-6-11-19(26)23-27/h8,10,15,18,25,27H,4-7,9,11-14H2,1-3H3,(H,23,26). The number of nitrogens with zero attached hydrogens (tertiary/aromatic N) is 1. The third-order valence-electron chi connectivity index (χ3n) is 6.12. The highest BCUT2D eigenvalue weighted by Crippen LogP contribution is 2.47. The summed E-state index contributed by atoms with van der Waals surface area (Å²) in [5, 5.41) is 19.4. The molecular formula is C22H34N2O3. The highest BCUT2D eigenvalue weighted by Gasteiger charge is 2.38. The van der Waals surface area contributed by atoms with E-state index in [2.05, 4.69) is 37.5 Å². The lowest BCUT2D eigenvalue weighted by atomic mass is 9.74. The molecule has 0 aliphatic heterocycles. The van der Waals surface area contributed by atoms with Crippen molar-refractivity contribution in [3.8, 4) is 0 Å². The summed E-state index contributed by atoms with van der Waals surface area (Å²) >= 11 is 0. The van der Waals surface area contributed by atoms with Gasteiger partial charge < -0.3 is 9.67 Å². The molecule has 0 bridgehead atoms. The van der Waals surface area contributed by atoms with Crippen molar-refractivity contribution >= 4 is 12.0 Å². The fourth-order valence-corrected chi connectivity index (χ4v) is 4.87. The number of carbonyl (C=O) groups is 1. The Kier molecular flexibility index (Phi) is 6.11. The second-order valence-corrected chi connectivity index (χ2v) is 9.11. The SMILES string of the molecule is CC1CC=Cc2c3c(n(CCCCCCC(=O)NO)c21)CC(C)(C)CC3O. The summed E-state index contributed by atoms with van der Waals surface area (Å²) < 4.78 is 2.50. The van der Waals surface area contributed by atoms with Crippen molar-refractivity contribution in [3.05, 3.63) is 28.6 Å². The van der Waals surface area contributed by atoms with Crippen LogP contribution in [0, 0.1) is 5.41 Å². The number of fused-ring (bicyclic) bond motifs is 3. The van der Waals surface area contributed by atoms with Crippen LogP contribution in [0.25, 0.3) is 6.08 Å². The van der Waals surface area contributed by atoms with Gasteiger partial charge in [-0.25, -0.2) is 5.48 Å². The first-order chi connectivity index (χ1) is 12.8. The third-order valence-corrected chi connectivity index (χ3v) is 6.12. The van der Waals surface area contributed by atoms with Crippen LogP contribution in [-0.2, 0) is 17.8 Å². The molecule has 150 valence electrons. The Balaban J connectivity index is 1.75. The van der Waals surface area contributed by atoms with Gasteiger partial charge in [0, 0.05) is 41.4 Å². The van der Waals surface area contributed by atoms with Crippen LogP contribution in [0.4, 0.5) is 0 Å². The van der Waals surface area contributed by atoms with E-state index in [1.54, 1.807) is 5.48 Å². The summed E-state index contributed by atoms with van der Waals surface area (Å²) in [6.07, 6.45) is 11.3. The molecular weight excluding hydrogens is 340 g/mol. The Morgan fingerprint density at radius 2 is 2.04 bits per heavy atom. The molecule has 0 spiro atoms. The Hall–Kier alpha value is -1.59. The van der Waals surface area contributed by atoms with Crippen molar-refractivity contribution in [1.82, 2.24) is 10.0 Å². The Morgan fingerprint density at radius 3 is 2.78 bits per heavy atom. The van der Waals surface area contributed by atoms with Crippen molar-refractivity contribution < 1.29 is 15.1 Å². The minimum absolute atomic E-state index is 0.121. The molecule has 27 heavy (non-hydrogen) atoms. The molecule has 2 atom stereocenters. The summed E-state index contributed by atoms with van der Waals surface area (Å²) in [6.45, 7) is 7.77. The fraction of sp³-hybridized carbons (Fsp3) is 0.682. The van der Waals surface area contributed by atoms with Crippen LogP contribution < -0.4 is 5.48 Å². The lowest BCUT2D eigenvalue weighted by Gasteiger charge is -2.34. The minimum atomic E-state index is -0.370. The van der Waals surface area contributed by atoms with Crippen molar-refractivity contribution in [1.29, 1.82) is 0 Å². The smallest absolute Gasteiger partial charge is 0.243 e. The number of rotatable bonds is 7. The number of aromatic nitrogens is 1. The summed E-state index contributed by atoms with van der Waals surface area (Å²) in [7, 11) is 0. The summed E-state index contributed by atoms with van der Waals surface area (Å²) in [5.41, 5.74) is 6.99. The van der Waals surface area contributed by atoms with Gasteiger partial charge in [0.15, 0.2) is 0 Å². The number of amides is 1. The van der Waals surface area contributed by atoms with Crippen molar-refractivity contribution in [2.24, 2.45) is 5.41 Å². The molecule has 1 aromatic heterocycles. The van der Waals surface area contributed by atoms with Crippen LogP contribution in [0.1, 0.15) is 100 Å². The monoisotopic (exact) mass is 374 g/mol. The van der Waals surface area contributed by atoms with Crippen LogP contribution in [0.3, 0.4) is 0 Å². The van der Waals surface area contributed by atoms with Crippen LogP contribution in [0.2, 0.25) is 0 Å². The number of nitrogens with one attached hydrogen (secondary N) is 1. The second kappa shape index (κ2) is 8.19. The number of aliphatic hydroxyl groups is 1. The number of carbonyl (C=O) groups excluding carboxylic acids is 1. The number of hydrogen-bond acceptors (Lipinski definition) is 3. The van der Waals surface area contributed by atoms with Gasteiger partial charge in [-0.05, 0) is 37.5 Å². The first-order valence-electron chi connectivity index (χ1n) is 10.4. The Bertz CT molecular complexity index is 718. The van der Waals surface area contributed by atoms with E-state index in [1.807, 2.05) is 0 Å². The van der Waals surface area contributed by atoms with Gasteiger partial charge in [0.1, 0.15) is 0 Å². The van der Waals surface area contributed by atoms with Crippen LogP contribution in [0.15, 0.2) is 6.08 Å². The topological polar surface area (TPSA) is 74.5 Å². The van der Waals surface area contributed by atoms with Crippen LogP contribution in [-0.4, -0.2) is 20.8 Å². The van der Waals surface area contributed by atoms with Gasteiger partial charge in [0.05, 0.1) is 6.10 Å². The molecule has 0 fully saturated rings. The number of hydroxylamine groups is 1. The predicted molar refractivity (Wildman–Crippen MR) is 107 cm³/mol. The average molecular weight is 375 g/mol. The molecule has 3 N–H and O–H groups in total. The van der Waals surface area contributed by atoms with Gasteiger partial charge in [-0.2, -0.15) is 0 Å². The van der Waals surface area contributed by atoms with E-state index < -0.39 is 0 Å². The van der Waals surface area contributed by atoms with Crippen molar-refractivity contribution in [2.45, 2.75) is 90.7 Å². The lowest BCUT2D eigenvalue weighted by Crippen LogP contribution is -2.27. The zero-order chi connectivity index (χ0) is 19.6. The quantitative estimate of drug-likeness (QED) is 0.374. The van der Waals surface area contributed by atoms with E-state index in [0.29, 0.717) is 12.3 Å². The molecule has 0 saturated carbocycles. The zero-order valence-corrected chi connectivity index (χ0v) is 16.9. The second-order valence-electron chi connectivity index (χ2n) is 9.11. The molecule has 1 amide bonds. The molecule has 1 aromatic rings. The molecule has 0 aromatic carbocycles. The highest BCUT2D eigenvalue weighted by atomic mass is 16.5. The minimum Gasteiger partial charge on any atom is -0.388 e. The van der Waals surface area contributed by atoms with Crippen LogP contribution >= 0.6 is 0 Å².